The van der Waals surface area contributed by atoms with E-state index in [9.17, 15) is 4.79 Å². The number of hydrogen-bond donors (Lipinski definition) is 0. The smallest absolute Gasteiger partial charge is 0.336 e. The number of benzene rings is 1. The van der Waals surface area contributed by atoms with E-state index in [0.717, 1.165) is 70.8 Å². The van der Waals surface area contributed by atoms with E-state index in [2.05, 4.69) is 32.7 Å². The lowest BCUT2D eigenvalue weighted by molar-refractivity contribution is 0.427. The van der Waals surface area contributed by atoms with Crippen LogP contribution in [-0.4, -0.2) is 27.9 Å². The predicted octanol–water partition coefficient (Wildman–Crippen LogP) is 5.17. The molecule has 0 saturated carbocycles. The zero-order chi connectivity index (χ0) is 22.9. The quantitative estimate of drug-likeness (QED) is 0.288. The van der Waals surface area contributed by atoms with Crippen LogP contribution in [0.2, 0.25) is 0 Å². The molecule has 8 heteroatoms. The summed E-state index contributed by atoms with van der Waals surface area (Å²) in [4.78, 5) is 14.6. The van der Waals surface area contributed by atoms with E-state index in [1.165, 1.54) is 0 Å². The van der Waals surface area contributed by atoms with Gasteiger partial charge in [-0.25, -0.2) is 4.79 Å². The number of hydrogen-bond acceptors (Lipinski definition) is 7. The van der Waals surface area contributed by atoms with Gasteiger partial charge >= 0.3 is 5.63 Å². The molecular weight excluding hydrogens is 436 g/mol. The fourth-order valence-electron chi connectivity index (χ4n) is 4.31. The Morgan fingerprint density at radius 1 is 1.15 bits per heavy atom. The van der Waals surface area contributed by atoms with Gasteiger partial charge in [0.1, 0.15) is 11.3 Å². The summed E-state index contributed by atoms with van der Waals surface area (Å²) < 4.78 is 13.3. The number of aryl methyl sites for hydroxylation is 2. The van der Waals surface area contributed by atoms with E-state index in [0.29, 0.717) is 17.9 Å². The molecule has 0 N–H and O–H groups in total. The Balaban J connectivity index is 1.46. The van der Waals surface area contributed by atoms with Crippen LogP contribution < -0.4 is 10.5 Å². The minimum atomic E-state index is -0.327. The predicted molar refractivity (Wildman–Crippen MR) is 130 cm³/mol. The third kappa shape index (κ3) is 4.44. The van der Waals surface area contributed by atoms with Crippen LogP contribution in [0.15, 0.2) is 55.4 Å². The molecular formula is C25H28N4O3S. The summed E-state index contributed by atoms with van der Waals surface area (Å²) in [5.74, 6) is 3.07. The highest BCUT2D eigenvalue weighted by atomic mass is 32.2. The molecule has 172 valence electrons. The van der Waals surface area contributed by atoms with Crippen LogP contribution in [0, 0.1) is 19.8 Å². The average Bonchev–Trinajstić information content (AvgIpc) is 3.46. The molecule has 1 aromatic carbocycles. The molecule has 0 radical (unpaired) electrons. The van der Waals surface area contributed by atoms with E-state index in [-0.39, 0.29) is 5.63 Å². The molecule has 4 aromatic rings. The van der Waals surface area contributed by atoms with Crippen molar-refractivity contribution in [3.05, 3.63) is 69.5 Å². The maximum Gasteiger partial charge on any atom is 0.336 e. The van der Waals surface area contributed by atoms with Gasteiger partial charge in [-0.15, -0.1) is 10.2 Å². The van der Waals surface area contributed by atoms with Crippen molar-refractivity contribution in [3.63, 3.8) is 0 Å². The largest absolute Gasteiger partial charge is 0.467 e. The van der Waals surface area contributed by atoms with Crippen LogP contribution in [0.5, 0.6) is 0 Å². The van der Waals surface area contributed by atoms with Crippen molar-refractivity contribution in [2.45, 2.75) is 51.1 Å². The van der Waals surface area contributed by atoms with E-state index in [1.54, 1.807) is 24.1 Å². The van der Waals surface area contributed by atoms with Crippen molar-refractivity contribution in [2.75, 3.05) is 18.0 Å². The first-order valence-corrected chi connectivity index (χ1v) is 12.3. The average molecular weight is 465 g/mol. The van der Waals surface area contributed by atoms with Gasteiger partial charge in [0, 0.05) is 30.3 Å². The summed E-state index contributed by atoms with van der Waals surface area (Å²) in [5.41, 5.74) is 3.38. The van der Waals surface area contributed by atoms with E-state index >= 15 is 0 Å². The van der Waals surface area contributed by atoms with Crippen molar-refractivity contribution < 1.29 is 8.83 Å². The fraction of sp³-hybridized carbons (Fsp3) is 0.400. The highest BCUT2D eigenvalue weighted by Crippen LogP contribution is 2.31. The Morgan fingerprint density at radius 3 is 2.73 bits per heavy atom. The molecule has 1 aliphatic heterocycles. The summed E-state index contributed by atoms with van der Waals surface area (Å²) in [5, 5.41) is 10.9. The van der Waals surface area contributed by atoms with Crippen molar-refractivity contribution in [1.82, 2.24) is 14.8 Å². The number of anilines is 1. The third-order valence-corrected chi connectivity index (χ3v) is 7.55. The molecule has 5 rings (SSSR count). The van der Waals surface area contributed by atoms with Gasteiger partial charge in [-0.05, 0) is 61.4 Å². The van der Waals surface area contributed by atoms with Crippen LogP contribution in [0.25, 0.3) is 11.0 Å². The van der Waals surface area contributed by atoms with Gasteiger partial charge in [0.2, 0.25) is 5.95 Å². The number of piperidine rings is 1. The number of furan rings is 1. The molecule has 3 aromatic heterocycles. The number of thioether (sulfide) groups is 1. The Hall–Kier alpha value is -3.00. The molecule has 0 bridgehead atoms. The van der Waals surface area contributed by atoms with E-state index < -0.39 is 0 Å². The van der Waals surface area contributed by atoms with E-state index in [4.69, 9.17) is 8.83 Å². The Kier molecular flexibility index (Phi) is 6.01. The van der Waals surface area contributed by atoms with Crippen molar-refractivity contribution in [2.24, 2.45) is 5.92 Å². The first-order chi connectivity index (χ1) is 16.0. The maximum atomic E-state index is 12.3. The SMILES string of the molecule is Cc1ccc2c(CSc3nnc(N4CCC(C)CC4)n3Cc3ccco3)cc(=O)oc2c1C. The molecule has 1 fully saturated rings. The number of rotatable bonds is 6. The minimum Gasteiger partial charge on any atom is -0.467 e. The molecule has 33 heavy (non-hydrogen) atoms. The fourth-order valence-corrected chi connectivity index (χ4v) is 5.24. The first-order valence-electron chi connectivity index (χ1n) is 11.4. The second-order valence-corrected chi connectivity index (χ2v) is 9.82. The first kappa shape index (κ1) is 21.8. The zero-order valence-electron chi connectivity index (χ0n) is 19.2. The monoisotopic (exact) mass is 464 g/mol. The normalized spacial score (nSPS) is 14.9. The molecule has 0 aliphatic carbocycles. The summed E-state index contributed by atoms with van der Waals surface area (Å²) in [6, 6.07) is 9.56. The molecule has 0 atom stereocenters. The highest BCUT2D eigenvalue weighted by molar-refractivity contribution is 7.98. The van der Waals surface area contributed by atoms with Crippen LogP contribution in [0.3, 0.4) is 0 Å². The lowest BCUT2D eigenvalue weighted by Gasteiger charge is -2.31. The van der Waals surface area contributed by atoms with E-state index in [1.807, 2.05) is 32.0 Å². The summed E-state index contributed by atoms with van der Waals surface area (Å²) in [6.07, 6.45) is 4.00. The molecule has 1 aliphatic rings. The minimum absolute atomic E-state index is 0.327. The summed E-state index contributed by atoms with van der Waals surface area (Å²) >= 11 is 1.58. The highest BCUT2D eigenvalue weighted by Gasteiger charge is 2.23. The summed E-state index contributed by atoms with van der Waals surface area (Å²) in [7, 11) is 0. The Bertz CT molecular complexity index is 1320. The standard InChI is InChI=1S/C25H28N4O3S/c1-16-8-10-28(11-9-16)24-26-27-25(29(24)14-20-5-4-12-31-20)33-15-19-13-22(30)32-23-18(3)17(2)6-7-21(19)23/h4-7,12-13,16H,8-11,14-15H2,1-3H3. The molecule has 0 unspecified atom stereocenters. The van der Waals surface area contributed by atoms with Gasteiger partial charge in [-0.1, -0.05) is 30.8 Å². The molecule has 0 amide bonds. The van der Waals surface area contributed by atoms with Gasteiger partial charge in [0.05, 0.1) is 12.8 Å². The van der Waals surface area contributed by atoms with Crippen LogP contribution in [0.1, 0.15) is 42.2 Å². The third-order valence-electron chi connectivity index (χ3n) is 6.53. The number of nitrogens with zero attached hydrogens (tertiary/aromatic N) is 4. The Labute approximate surface area is 196 Å². The zero-order valence-corrected chi connectivity index (χ0v) is 20.0. The van der Waals surface area contributed by atoms with Crippen molar-refractivity contribution in [1.29, 1.82) is 0 Å². The lowest BCUT2D eigenvalue weighted by atomic mass is 10.00. The Morgan fingerprint density at radius 2 is 1.97 bits per heavy atom. The lowest BCUT2D eigenvalue weighted by Crippen LogP contribution is -2.35. The van der Waals surface area contributed by atoms with Crippen LogP contribution >= 0.6 is 11.8 Å². The number of fused-ring (bicyclic) bond motifs is 1. The molecule has 7 nitrogen and oxygen atoms in total. The molecule has 0 spiro atoms. The topological polar surface area (TPSA) is 77.3 Å². The van der Waals surface area contributed by atoms with Gasteiger partial charge in [-0.3, -0.25) is 4.57 Å². The van der Waals surface area contributed by atoms with Crippen molar-refractivity contribution in [3.8, 4) is 0 Å². The second-order valence-electron chi connectivity index (χ2n) is 8.88. The van der Waals surface area contributed by atoms with Crippen LogP contribution in [-0.2, 0) is 12.3 Å². The van der Waals surface area contributed by atoms with Gasteiger partial charge < -0.3 is 13.7 Å². The van der Waals surface area contributed by atoms with Gasteiger partial charge in [0.15, 0.2) is 5.16 Å². The number of aromatic nitrogens is 3. The molecule has 1 saturated heterocycles. The van der Waals surface area contributed by atoms with Gasteiger partial charge in [0.25, 0.3) is 0 Å². The second kappa shape index (κ2) is 9.09. The maximum absolute atomic E-state index is 12.3. The van der Waals surface area contributed by atoms with Crippen LogP contribution in [0.4, 0.5) is 5.95 Å². The van der Waals surface area contributed by atoms with Gasteiger partial charge in [-0.2, -0.15) is 0 Å². The molecule has 4 heterocycles. The summed E-state index contributed by atoms with van der Waals surface area (Å²) in [6.45, 7) is 8.84. The van der Waals surface area contributed by atoms with Crippen molar-refractivity contribution >= 4 is 28.7 Å².